The molecule has 5 N–H and O–H groups in total. The Morgan fingerprint density at radius 1 is 0.374 bits per heavy atom. The van der Waals surface area contributed by atoms with Crippen molar-refractivity contribution >= 4 is 116 Å². The second kappa shape index (κ2) is 38.3. The number of methoxy groups -OCH3 is 1. The van der Waals surface area contributed by atoms with Gasteiger partial charge in [-0.15, -0.1) is 56.7 Å². The van der Waals surface area contributed by atoms with E-state index in [0.29, 0.717) is 82.2 Å². The molecule has 544 valence electrons. The summed E-state index contributed by atoms with van der Waals surface area (Å²) in [6, 6.07) is 17.1. The quantitative estimate of drug-likeness (QED) is 0.0185. The highest BCUT2D eigenvalue weighted by molar-refractivity contribution is 7.15. The van der Waals surface area contributed by atoms with E-state index in [1.54, 1.807) is 36.4 Å². The molecule has 0 radical (unpaired) electrons. The molecule has 20 nitrogen and oxygen atoms in total. The molecule has 5 aliphatic rings. The summed E-state index contributed by atoms with van der Waals surface area (Å²) in [5.41, 5.74) is -2.21. The van der Waals surface area contributed by atoms with Gasteiger partial charge in [-0.3, -0.25) is 24.0 Å². The van der Waals surface area contributed by atoms with Crippen molar-refractivity contribution in [1.82, 2.24) is 0 Å². The van der Waals surface area contributed by atoms with Crippen LogP contribution in [0.25, 0.3) is 0 Å². The lowest BCUT2D eigenvalue weighted by atomic mass is 9.82. The number of carbonyl (C=O) groups excluding carboxylic acids is 5. The van der Waals surface area contributed by atoms with Crippen LogP contribution >= 0.6 is 56.7 Å². The number of rotatable bonds is 27. The maximum absolute atomic E-state index is 12.5. The fourth-order valence-electron chi connectivity index (χ4n) is 13.8. The molecular formula is C74H98O20S5. The van der Waals surface area contributed by atoms with Crippen LogP contribution in [0.2, 0.25) is 0 Å². The third kappa shape index (κ3) is 23.1. The number of carbonyl (C=O) groups is 10. The molecule has 10 rings (SSSR count). The lowest BCUT2D eigenvalue weighted by Crippen LogP contribution is -2.33. The summed E-state index contributed by atoms with van der Waals surface area (Å²) in [4.78, 5) is 122. The topological polar surface area (TPSA) is 318 Å². The summed E-state index contributed by atoms with van der Waals surface area (Å²) in [6.07, 6.45) is 23.5. The van der Waals surface area contributed by atoms with Crippen LogP contribution in [0, 0.1) is 33.0 Å². The van der Waals surface area contributed by atoms with E-state index in [-0.39, 0.29) is 36.0 Å². The number of carboxylic acids is 5. The first-order chi connectivity index (χ1) is 47.1. The van der Waals surface area contributed by atoms with Crippen LogP contribution in [-0.4, -0.2) is 118 Å². The summed E-state index contributed by atoms with van der Waals surface area (Å²) in [7, 11) is 1.42. The molecule has 5 saturated carbocycles. The van der Waals surface area contributed by atoms with Crippen molar-refractivity contribution in [2.45, 2.75) is 221 Å². The minimum atomic E-state index is -0.912. The van der Waals surface area contributed by atoms with Crippen LogP contribution in [-0.2, 0) is 79.8 Å². The van der Waals surface area contributed by atoms with Crippen molar-refractivity contribution < 1.29 is 97.2 Å². The molecule has 5 heterocycles. The molecule has 5 aliphatic carbocycles. The highest BCUT2D eigenvalue weighted by atomic mass is 32.1. The Hall–Kier alpha value is -6.80. The summed E-state index contributed by atoms with van der Waals surface area (Å²) < 4.78 is 26.4. The first-order valence-electron chi connectivity index (χ1n) is 34.5. The second-order valence-corrected chi connectivity index (χ2v) is 33.2. The fourth-order valence-corrected chi connectivity index (χ4v) is 18.8. The van der Waals surface area contributed by atoms with Gasteiger partial charge >= 0.3 is 59.7 Å². The van der Waals surface area contributed by atoms with Crippen molar-refractivity contribution in [2.75, 3.05) is 26.9 Å². The molecular weight excluding hydrogens is 1370 g/mol. The van der Waals surface area contributed by atoms with Crippen molar-refractivity contribution in [2.24, 2.45) is 33.0 Å². The molecule has 5 aromatic rings. The Balaban J connectivity index is 0.000000195. The van der Waals surface area contributed by atoms with Gasteiger partial charge in [-0.2, -0.15) is 0 Å². The SMILES string of the molecule is CC(C)COC(=O)C1(Cc2ccc(C(=O)O)s2)CCCC1.CC(C)OC(=O)C1(Cc2ccc(C(=O)O)s2)CCCC1.CCCCOC(=O)C1(Cc2ccc(C(=O)O)s2)CCCC1.CCOC(=O)C1(Cc2ccc(C(=O)O)s2)CCCC1.COC(=O)C1(Cc2ccc(C(=O)O)s2)CCCC1. The molecule has 0 saturated heterocycles. The fraction of sp³-hybridized carbons (Fsp3) is 0.595. The van der Waals surface area contributed by atoms with Crippen LogP contribution < -0.4 is 0 Å². The first kappa shape index (κ1) is 81.2. The van der Waals surface area contributed by atoms with E-state index in [2.05, 4.69) is 6.92 Å². The van der Waals surface area contributed by atoms with E-state index < -0.39 is 56.9 Å². The molecule has 99 heavy (non-hydrogen) atoms. The molecule has 0 spiro atoms. The van der Waals surface area contributed by atoms with Gasteiger partial charge in [0, 0.05) is 24.4 Å². The standard InChI is InChI=1S/2C16H22O4S.C15H20O4S.C14H18O4S.C13H16O4S/c1-11(2)10-20-15(19)16(7-3-4-8-16)9-12-5-6-13(21-12)14(17)18;1-2-3-10-20-15(19)16(8-4-5-9-16)11-12-6-7-13(21-12)14(17)18;1-10(2)19-14(18)15(7-3-4-8-15)9-11-5-6-12(20-11)13(16)17;1-2-18-13(17)14(7-3-4-8-14)9-10-5-6-11(19-10)12(15)16;1-17-12(16)13(6-2-3-7-13)8-9-4-5-10(18-9)11(14)15/h5-6,11H,3-4,7-10H2,1-2H3,(H,17,18);6-7H,2-5,8-11H2,1H3,(H,17,18);5-6,10H,3-4,7-9H2,1-2H3,(H,16,17);5-6H,2-4,7-9H2,1H3,(H,15,16);4-5H,2-3,6-8H2,1H3,(H,14,15). The monoisotopic (exact) mass is 1470 g/mol. The number of unbranched alkanes of at least 4 members (excludes halogenated alkanes) is 1. The number of hydrogen-bond donors (Lipinski definition) is 5. The summed E-state index contributed by atoms with van der Waals surface area (Å²) in [6.45, 7) is 13.0. The normalized spacial score (nSPS) is 17.2. The Morgan fingerprint density at radius 2 is 0.626 bits per heavy atom. The number of ether oxygens (including phenoxy) is 5. The molecule has 5 fully saturated rings. The lowest BCUT2D eigenvalue weighted by Gasteiger charge is -2.27. The summed E-state index contributed by atoms with van der Waals surface area (Å²) >= 11 is 6.28. The molecule has 0 amide bonds. The van der Waals surface area contributed by atoms with E-state index in [0.717, 1.165) is 166 Å². The second-order valence-electron chi connectivity index (χ2n) is 27.3. The molecule has 5 aromatic heterocycles. The zero-order chi connectivity index (χ0) is 72.6. The third-order valence-corrected chi connectivity index (χ3v) is 24.3. The number of thiophene rings is 5. The molecule has 0 bridgehead atoms. The van der Waals surface area contributed by atoms with Crippen molar-refractivity contribution in [3.05, 3.63) is 109 Å². The van der Waals surface area contributed by atoms with Crippen molar-refractivity contribution in [3.8, 4) is 0 Å². The minimum Gasteiger partial charge on any atom is -0.477 e. The Kier molecular flexibility index (Phi) is 31.4. The van der Waals surface area contributed by atoms with E-state index in [1.165, 1.54) is 63.8 Å². The van der Waals surface area contributed by atoms with Gasteiger partial charge in [0.25, 0.3) is 0 Å². The third-order valence-electron chi connectivity index (χ3n) is 19.0. The van der Waals surface area contributed by atoms with Crippen LogP contribution in [0.5, 0.6) is 0 Å². The summed E-state index contributed by atoms with van der Waals surface area (Å²) in [5, 5.41) is 44.8. The number of esters is 5. The molecule has 0 aliphatic heterocycles. The zero-order valence-corrected chi connectivity index (χ0v) is 62.1. The van der Waals surface area contributed by atoms with Crippen molar-refractivity contribution in [3.63, 3.8) is 0 Å². The maximum Gasteiger partial charge on any atom is 0.345 e. The van der Waals surface area contributed by atoms with Gasteiger partial charge in [0.2, 0.25) is 0 Å². The number of carboxylic acid groups (broad SMARTS) is 5. The minimum absolute atomic E-state index is 0.0984. The van der Waals surface area contributed by atoms with Gasteiger partial charge in [-0.25, -0.2) is 24.0 Å². The summed E-state index contributed by atoms with van der Waals surface area (Å²) in [5.74, 6) is -4.85. The Morgan fingerprint density at radius 3 is 0.848 bits per heavy atom. The maximum atomic E-state index is 12.5. The number of aromatic carboxylic acids is 5. The molecule has 0 aromatic carbocycles. The van der Waals surface area contributed by atoms with E-state index >= 15 is 0 Å². The molecule has 0 unspecified atom stereocenters. The molecule has 25 heteroatoms. The Labute approximate surface area is 600 Å². The van der Waals surface area contributed by atoms with Crippen LogP contribution in [0.15, 0.2) is 60.7 Å². The average molecular weight is 1470 g/mol. The van der Waals surface area contributed by atoms with Gasteiger partial charge < -0.3 is 49.2 Å². The van der Waals surface area contributed by atoms with Gasteiger partial charge in [-0.1, -0.05) is 91.4 Å². The van der Waals surface area contributed by atoms with Crippen LogP contribution in [0.3, 0.4) is 0 Å². The van der Waals surface area contributed by atoms with Crippen LogP contribution in [0.1, 0.15) is 256 Å². The predicted molar refractivity (Wildman–Crippen MR) is 381 cm³/mol. The Bertz CT molecular complexity index is 3490. The largest absolute Gasteiger partial charge is 0.477 e. The molecule has 0 atom stereocenters. The first-order valence-corrected chi connectivity index (χ1v) is 38.6. The number of hydrogen-bond acceptors (Lipinski definition) is 20. The van der Waals surface area contributed by atoms with Gasteiger partial charge in [0.1, 0.15) is 24.4 Å². The lowest BCUT2D eigenvalue weighted by molar-refractivity contribution is -0.160. The zero-order valence-electron chi connectivity index (χ0n) is 58.0. The smallest absolute Gasteiger partial charge is 0.345 e. The van der Waals surface area contributed by atoms with Gasteiger partial charge in [0.15, 0.2) is 0 Å². The van der Waals surface area contributed by atoms with E-state index in [9.17, 15) is 47.9 Å². The highest BCUT2D eigenvalue weighted by Crippen LogP contribution is 2.48. The highest BCUT2D eigenvalue weighted by Gasteiger charge is 2.47. The van der Waals surface area contributed by atoms with E-state index in [4.69, 9.17) is 49.2 Å². The van der Waals surface area contributed by atoms with E-state index in [1.807, 2.05) is 58.9 Å². The van der Waals surface area contributed by atoms with Gasteiger partial charge in [0.05, 0.1) is 60.1 Å². The van der Waals surface area contributed by atoms with Crippen LogP contribution in [0.4, 0.5) is 0 Å². The predicted octanol–water partition coefficient (Wildman–Crippen LogP) is 17.0. The average Bonchev–Trinajstić information content (AvgIpc) is 1.72. The van der Waals surface area contributed by atoms with Gasteiger partial charge in [-0.05, 0) is 190 Å². The van der Waals surface area contributed by atoms with Crippen molar-refractivity contribution in [1.29, 1.82) is 0 Å².